The minimum atomic E-state index is -0.298. The average molecular weight is 533 g/mol. The maximum Gasteiger partial charge on any atom is 0.273 e. The number of carbonyl (C=O) groups is 2. The molecule has 4 aromatic rings. The van der Waals surface area contributed by atoms with Gasteiger partial charge in [-0.3, -0.25) is 9.59 Å². The van der Waals surface area contributed by atoms with E-state index < -0.39 is 0 Å². The summed E-state index contributed by atoms with van der Waals surface area (Å²) in [7, 11) is 0. The third kappa shape index (κ3) is 5.05. The van der Waals surface area contributed by atoms with Gasteiger partial charge in [-0.25, -0.2) is 14.1 Å². The van der Waals surface area contributed by atoms with E-state index >= 15 is 0 Å². The minimum absolute atomic E-state index is 0.0127. The Kier molecular flexibility index (Phi) is 6.88. The van der Waals surface area contributed by atoms with Crippen LogP contribution < -0.4 is 0 Å². The largest absolute Gasteiger partial charge is 0.342 e. The second-order valence-corrected chi connectivity index (χ2v) is 11.0. The van der Waals surface area contributed by atoms with Gasteiger partial charge in [0.25, 0.3) is 5.91 Å². The van der Waals surface area contributed by atoms with Gasteiger partial charge in [-0.05, 0) is 55.5 Å². The zero-order valence-electron chi connectivity index (χ0n) is 21.0. The molecule has 2 aliphatic heterocycles. The minimum Gasteiger partial charge on any atom is -0.342 e. The van der Waals surface area contributed by atoms with Gasteiger partial charge in [0.2, 0.25) is 5.91 Å². The highest BCUT2D eigenvalue weighted by Gasteiger charge is 2.29. The fraction of sp³-hybridized carbons (Fsp3) is 0.393. The van der Waals surface area contributed by atoms with Crippen molar-refractivity contribution in [2.75, 3.05) is 26.2 Å². The predicted octanol–water partition coefficient (Wildman–Crippen LogP) is 4.45. The molecule has 0 saturated carbocycles. The van der Waals surface area contributed by atoms with Crippen molar-refractivity contribution in [3.8, 4) is 0 Å². The first-order valence-electron chi connectivity index (χ1n) is 13.1. The zero-order valence-corrected chi connectivity index (χ0v) is 21.8. The highest BCUT2D eigenvalue weighted by molar-refractivity contribution is 7.09. The number of halogens is 1. The van der Waals surface area contributed by atoms with E-state index in [0.29, 0.717) is 31.9 Å². The molecular formula is C28H29FN6O2S. The van der Waals surface area contributed by atoms with Gasteiger partial charge in [-0.15, -0.1) is 16.4 Å². The lowest BCUT2D eigenvalue weighted by molar-refractivity contribution is -0.131. The monoisotopic (exact) mass is 532 g/mol. The van der Waals surface area contributed by atoms with Crippen molar-refractivity contribution in [3.05, 3.63) is 76.0 Å². The molecule has 0 spiro atoms. The van der Waals surface area contributed by atoms with E-state index in [-0.39, 0.29) is 36.0 Å². The number of piperidine rings is 2. The fourth-order valence-electron chi connectivity index (χ4n) is 5.47. The summed E-state index contributed by atoms with van der Waals surface area (Å²) >= 11 is 1.54. The van der Waals surface area contributed by atoms with Gasteiger partial charge in [-0.2, -0.15) is 0 Å². The first-order chi connectivity index (χ1) is 18.5. The van der Waals surface area contributed by atoms with Crippen LogP contribution in [-0.4, -0.2) is 67.8 Å². The Balaban J connectivity index is 1.01. The molecule has 10 heteroatoms. The van der Waals surface area contributed by atoms with Crippen LogP contribution in [0.3, 0.4) is 0 Å². The van der Waals surface area contributed by atoms with Crippen molar-refractivity contribution < 1.29 is 14.0 Å². The first-order valence-corrected chi connectivity index (χ1v) is 14.0. The van der Waals surface area contributed by atoms with Crippen molar-refractivity contribution in [3.63, 3.8) is 0 Å². The smallest absolute Gasteiger partial charge is 0.273 e. The zero-order chi connectivity index (χ0) is 26.1. The van der Waals surface area contributed by atoms with E-state index in [4.69, 9.17) is 4.98 Å². The summed E-state index contributed by atoms with van der Waals surface area (Å²) in [5.74, 6) is 0.00438. The second kappa shape index (κ2) is 10.6. The molecule has 0 aliphatic carbocycles. The summed E-state index contributed by atoms with van der Waals surface area (Å²) in [6.45, 7) is 2.66. The summed E-state index contributed by atoms with van der Waals surface area (Å²) < 4.78 is 15.1. The Hall–Kier alpha value is -3.66. The van der Waals surface area contributed by atoms with E-state index in [2.05, 4.69) is 10.3 Å². The van der Waals surface area contributed by atoms with E-state index in [0.717, 1.165) is 47.3 Å². The molecule has 38 heavy (non-hydrogen) atoms. The first kappa shape index (κ1) is 24.7. The lowest BCUT2D eigenvalue weighted by atomic mass is 9.97. The number of likely N-dealkylation sites (tertiary alicyclic amines) is 2. The molecule has 0 N–H and O–H groups in total. The molecule has 2 saturated heterocycles. The van der Waals surface area contributed by atoms with Crippen molar-refractivity contribution in [1.29, 1.82) is 0 Å². The number of hydrogen-bond acceptors (Lipinski definition) is 6. The van der Waals surface area contributed by atoms with E-state index in [1.165, 1.54) is 12.1 Å². The summed E-state index contributed by atoms with van der Waals surface area (Å²) in [6.07, 6.45) is 3.60. The number of amides is 2. The van der Waals surface area contributed by atoms with Crippen LogP contribution in [0.25, 0.3) is 11.0 Å². The van der Waals surface area contributed by atoms with Crippen LogP contribution in [0.5, 0.6) is 0 Å². The Bertz CT molecular complexity index is 1440. The quantitative estimate of drug-likeness (QED) is 0.379. The fourth-order valence-corrected chi connectivity index (χ4v) is 6.44. The van der Waals surface area contributed by atoms with E-state index in [1.54, 1.807) is 23.5 Å². The Morgan fingerprint density at radius 3 is 2.39 bits per heavy atom. The number of fused-ring (bicyclic) bond motifs is 1. The Morgan fingerprint density at radius 1 is 0.921 bits per heavy atom. The van der Waals surface area contributed by atoms with Crippen LogP contribution in [0, 0.1) is 5.82 Å². The number of benzene rings is 2. The molecule has 196 valence electrons. The molecule has 0 unspecified atom stereocenters. The lowest BCUT2D eigenvalue weighted by Crippen LogP contribution is -2.39. The molecule has 2 fully saturated rings. The van der Waals surface area contributed by atoms with Gasteiger partial charge in [-0.1, -0.05) is 29.5 Å². The average Bonchev–Trinajstić information content (AvgIpc) is 3.62. The van der Waals surface area contributed by atoms with Crippen molar-refractivity contribution in [2.45, 2.75) is 44.1 Å². The Labute approximate surface area is 224 Å². The van der Waals surface area contributed by atoms with Crippen LogP contribution in [0.4, 0.5) is 4.39 Å². The molecule has 6 rings (SSSR count). The third-order valence-corrected chi connectivity index (χ3v) is 8.69. The molecule has 2 aromatic heterocycles. The van der Waals surface area contributed by atoms with Crippen molar-refractivity contribution in [2.24, 2.45) is 0 Å². The van der Waals surface area contributed by atoms with Crippen LogP contribution in [0.2, 0.25) is 0 Å². The molecule has 8 nitrogen and oxygen atoms in total. The van der Waals surface area contributed by atoms with Gasteiger partial charge in [0, 0.05) is 37.5 Å². The SMILES string of the molecule is O=C(Cc1ccc(F)cc1)N1CCC(c2nc(C(=O)N3CCC(n4nnc5ccccc54)CC3)cs2)CC1. The van der Waals surface area contributed by atoms with E-state index in [1.807, 2.05) is 44.1 Å². The number of carbonyl (C=O) groups excluding carboxylic acids is 2. The Morgan fingerprint density at radius 2 is 1.63 bits per heavy atom. The molecule has 2 aromatic carbocycles. The topological polar surface area (TPSA) is 84.2 Å². The highest BCUT2D eigenvalue weighted by Crippen LogP contribution is 2.32. The predicted molar refractivity (Wildman–Crippen MR) is 142 cm³/mol. The van der Waals surface area contributed by atoms with Gasteiger partial charge in [0.1, 0.15) is 17.0 Å². The van der Waals surface area contributed by atoms with Crippen LogP contribution in [0.1, 0.15) is 58.7 Å². The second-order valence-electron chi connectivity index (χ2n) is 10.1. The third-order valence-electron chi connectivity index (χ3n) is 7.68. The van der Waals surface area contributed by atoms with Crippen molar-refractivity contribution >= 4 is 34.2 Å². The number of aromatic nitrogens is 4. The van der Waals surface area contributed by atoms with Gasteiger partial charge < -0.3 is 9.80 Å². The molecule has 2 aliphatic rings. The molecule has 0 radical (unpaired) electrons. The molecule has 0 atom stereocenters. The van der Waals surface area contributed by atoms with Crippen LogP contribution >= 0.6 is 11.3 Å². The summed E-state index contributed by atoms with van der Waals surface area (Å²) in [5.41, 5.74) is 3.26. The van der Waals surface area contributed by atoms with Crippen LogP contribution in [0.15, 0.2) is 53.9 Å². The van der Waals surface area contributed by atoms with Crippen LogP contribution in [-0.2, 0) is 11.2 Å². The van der Waals surface area contributed by atoms with E-state index in [9.17, 15) is 14.0 Å². The normalized spacial score (nSPS) is 17.3. The molecule has 2 amide bonds. The maximum absolute atomic E-state index is 13.2. The summed E-state index contributed by atoms with van der Waals surface area (Å²) in [4.78, 5) is 34.4. The summed E-state index contributed by atoms with van der Waals surface area (Å²) in [5, 5.41) is 11.5. The van der Waals surface area contributed by atoms with Gasteiger partial charge >= 0.3 is 0 Å². The highest BCUT2D eigenvalue weighted by atomic mass is 32.1. The molecule has 4 heterocycles. The number of hydrogen-bond donors (Lipinski definition) is 0. The summed E-state index contributed by atoms with van der Waals surface area (Å²) in [6, 6.07) is 14.3. The van der Waals surface area contributed by atoms with Gasteiger partial charge in [0.05, 0.1) is 23.0 Å². The number of nitrogens with zero attached hydrogens (tertiary/aromatic N) is 6. The standard InChI is InChI=1S/C28H29FN6O2S/c29-21-7-5-19(6-8-21)17-26(36)33-13-9-20(10-14-33)27-30-24(18-38-27)28(37)34-15-11-22(12-16-34)35-25-4-2-1-3-23(25)31-32-35/h1-8,18,20,22H,9-17H2. The van der Waals surface area contributed by atoms with Gasteiger partial charge in [0.15, 0.2) is 0 Å². The number of para-hydroxylation sites is 1. The molecular weight excluding hydrogens is 503 g/mol. The number of rotatable bonds is 5. The number of thiazole rings is 1. The van der Waals surface area contributed by atoms with Crippen molar-refractivity contribution in [1.82, 2.24) is 29.8 Å². The maximum atomic E-state index is 13.2. The molecule has 0 bridgehead atoms. The lowest BCUT2D eigenvalue weighted by Gasteiger charge is -2.32.